The molecule has 0 unspecified atom stereocenters. The molecule has 0 aliphatic heterocycles. The molecule has 0 rings (SSSR count). The number of hydrogen-bond acceptors (Lipinski definition) is 1. The zero-order valence-electron chi connectivity index (χ0n) is 8.65. The summed E-state index contributed by atoms with van der Waals surface area (Å²) in [5, 5.41) is 0. The summed E-state index contributed by atoms with van der Waals surface area (Å²) in [4.78, 5) is 0. The van der Waals surface area contributed by atoms with Gasteiger partial charge in [0.05, 0.1) is 0 Å². The molecule has 2 heteroatoms. The Kier molecular flexibility index (Phi) is 11.0. The normalized spacial score (nSPS) is 10.4. The molecule has 0 aliphatic rings. The van der Waals surface area contributed by atoms with Gasteiger partial charge in [-0.3, -0.25) is 0 Å². The van der Waals surface area contributed by atoms with Gasteiger partial charge in [-0.2, -0.15) is 0 Å². The highest BCUT2D eigenvalue weighted by molar-refractivity contribution is 6.08. The molecule has 0 aromatic heterocycles. The summed E-state index contributed by atoms with van der Waals surface area (Å²) in [7, 11) is 2.27. The van der Waals surface area contributed by atoms with Crippen LogP contribution in [0, 0.1) is 0 Å². The number of rotatable bonds is 9. The van der Waals surface area contributed by atoms with Crippen molar-refractivity contribution in [2.24, 2.45) is 5.73 Å². The van der Waals surface area contributed by atoms with E-state index < -0.39 is 0 Å². The fourth-order valence-electron chi connectivity index (χ4n) is 1.45. The lowest BCUT2D eigenvalue weighted by molar-refractivity contribution is 0.578. The monoisotopic (exact) mass is 169 g/mol. The summed E-state index contributed by atoms with van der Waals surface area (Å²) in [5.74, 6) is 0. The van der Waals surface area contributed by atoms with Crippen LogP contribution in [0.2, 0.25) is 6.32 Å². The minimum absolute atomic E-state index is 0.871. The average Bonchev–Trinajstić information content (AvgIpc) is 2.10. The van der Waals surface area contributed by atoms with Crippen molar-refractivity contribution in [1.29, 1.82) is 0 Å². The van der Waals surface area contributed by atoms with E-state index in [-0.39, 0.29) is 0 Å². The summed E-state index contributed by atoms with van der Waals surface area (Å²) in [6, 6.07) is 0. The first-order valence-electron chi connectivity index (χ1n) is 5.62. The largest absolute Gasteiger partial charge is 0.330 e. The molecule has 0 bridgehead atoms. The van der Waals surface area contributed by atoms with Gasteiger partial charge in [-0.25, -0.2) is 0 Å². The van der Waals surface area contributed by atoms with Crippen LogP contribution >= 0.6 is 0 Å². The van der Waals surface area contributed by atoms with E-state index in [0.29, 0.717) is 0 Å². The van der Waals surface area contributed by atoms with E-state index in [0.717, 1.165) is 6.54 Å². The number of unbranched alkanes of at least 4 members (excludes halogenated alkanes) is 7. The van der Waals surface area contributed by atoms with E-state index in [2.05, 4.69) is 7.85 Å². The van der Waals surface area contributed by atoms with Crippen molar-refractivity contribution in [3.05, 3.63) is 0 Å². The lowest BCUT2D eigenvalue weighted by atomic mass is 9.98. The van der Waals surface area contributed by atoms with Crippen LogP contribution < -0.4 is 5.73 Å². The van der Waals surface area contributed by atoms with Gasteiger partial charge in [0.15, 0.2) is 0 Å². The lowest BCUT2D eigenvalue weighted by Gasteiger charge is -1.99. The molecule has 2 N–H and O–H groups in total. The van der Waals surface area contributed by atoms with Gasteiger partial charge in [-0.05, 0) is 13.0 Å². The molecule has 0 aromatic rings. The van der Waals surface area contributed by atoms with E-state index in [4.69, 9.17) is 5.73 Å². The van der Waals surface area contributed by atoms with Crippen LogP contribution in [0.25, 0.3) is 0 Å². The Hall–Kier alpha value is 0.0249. The Bertz CT molecular complexity index is 66.2. The minimum Gasteiger partial charge on any atom is -0.330 e. The quantitative estimate of drug-likeness (QED) is 0.415. The molecule has 0 amide bonds. The van der Waals surface area contributed by atoms with Gasteiger partial charge in [-0.1, -0.05) is 51.3 Å². The van der Waals surface area contributed by atoms with Crippen molar-refractivity contribution in [2.45, 2.75) is 57.7 Å². The second-order valence-electron chi connectivity index (χ2n) is 3.62. The van der Waals surface area contributed by atoms with Gasteiger partial charge in [0.25, 0.3) is 0 Å². The maximum absolute atomic E-state index is 5.41. The van der Waals surface area contributed by atoms with Crippen molar-refractivity contribution in [3.8, 4) is 0 Å². The molecule has 0 aliphatic carbocycles. The molecule has 0 fully saturated rings. The Balaban J connectivity index is 2.73. The summed E-state index contributed by atoms with van der Waals surface area (Å²) < 4.78 is 0. The van der Waals surface area contributed by atoms with E-state index >= 15 is 0 Å². The van der Waals surface area contributed by atoms with Crippen LogP contribution in [-0.2, 0) is 0 Å². The fourth-order valence-corrected chi connectivity index (χ4v) is 1.45. The molecular formula is C10H24BN. The third kappa shape index (κ3) is 10.0. The van der Waals surface area contributed by atoms with Gasteiger partial charge < -0.3 is 5.73 Å². The molecule has 1 nitrogen and oxygen atoms in total. The molecule has 0 aromatic carbocycles. The van der Waals surface area contributed by atoms with E-state index in [1.165, 1.54) is 57.7 Å². The smallest absolute Gasteiger partial charge is 0.101 e. The first kappa shape index (κ1) is 12.0. The molecular weight excluding hydrogens is 145 g/mol. The van der Waals surface area contributed by atoms with Crippen molar-refractivity contribution in [2.75, 3.05) is 6.54 Å². The van der Waals surface area contributed by atoms with E-state index in [1.54, 1.807) is 0 Å². The molecule has 0 spiro atoms. The van der Waals surface area contributed by atoms with Gasteiger partial charge in [0.1, 0.15) is 7.85 Å². The summed E-state index contributed by atoms with van der Waals surface area (Å²) in [6.45, 7) is 0.871. The molecule has 0 radical (unpaired) electrons. The van der Waals surface area contributed by atoms with E-state index in [9.17, 15) is 0 Å². The molecule has 12 heavy (non-hydrogen) atoms. The van der Waals surface area contributed by atoms with Crippen LogP contribution in [0.4, 0.5) is 0 Å². The maximum atomic E-state index is 5.41. The van der Waals surface area contributed by atoms with Crippen molar-refractivity contribution >= 4 is 7.85 Å². The van der Waals surface area contributed by atoms with Gasteiger partial charge in [0.2, 0.25) is 0 Å². The highest BCUT2D eigenvalue weighted by Crippen LogP contribution is 2.08. The molecule has 0 atom stereocenters. The van der Waals surface area contributed by atoms with Crippen LogP contribution in [0.15, 0.2) is 0 Å². The van der Waals surface area contributed by atoms with Crippen LogP contribution in [-0.4, -0.2) is 14.4 Å². The second-order valence-corrected chi connectivity index (χ2v) is 3.62. The minimum atomic E-state index is 0.871. The first-order chi connectivity index (χ1) is 5.91. The van der Waals surface area contributed by atoms with Gasteiger partial charge >= 0.3 is 0 Å². The molecule has 72 valence electrons. The third-order valence-corrected chi connectivity index (χ3v) is 2.31. The SMILES string of the molecule is BCCCCCCCCCCN. The lowest BCUT2D eigenvalue weighted by Crippen LogP contribution is -1.97. The van der Waals surface area contributed by atoms with Crippen LogP contribution in [0.1, 0.15) is 51.4 Å². The summed E-state index contributed by atoms with van der Waals surface area (Å²) in [5.41, 5.74) is 5.41. The van der Waals surface area contributed by atoms with E-state index in [1.807, 2.05) is 0 Å². The maximum Gasteiger partial charge on any atom is 0.101 e. The molecule has 0 saturated heterocycles. The predicted molar refractivity (Wildman–Crippen MR) is 59.3 cm³/mol. The van der Waals surface area contributed by atoms with Crippen LogP contribution in [0.5, 0.6) is 0 Å². The fraction of sp³-hybridized carbons (Fsp3) is 1.00. The predicted octanol–water partition coefficient (Wildman–Crippen LogP) is 2.12. The number of hydrogen-bond donors (Lipinski definition) is 1. The summed E-state index contributed by atoms with van der Waals surface area (Å²) >= 11 is 0. The van der Waals surface area contributed by atoms with Crippen molar-refractivity contribution in [3.63, 3.8) is 0 Å². The average molecular weight is 169 g/mol. The van der Waals surface area contributed by atoms with Gasteiger partial charge in [0, 0.05) is 0 Å². The van der Waals surface area contributed by atoms with Crippen molar-refractivity contribution < 1.29 is 0 Å². The Morgan fingerprint density at radius 2 is 1.08 bits per heavy atom. The Labute approximate surface area is 78.5 Å². The van der Waals surface area contributed by atoms with Gasteiger partial charge in [-0.15, -0.1) is 0 Å². The molecule has 0 heterocycles. The highest BCUT2D eigenvalue weighted by atomic mass is 14.5. The third-order valence-electron chi connectivity index (χ3n) is 2.31. The Morgan fingerprint density at radius 3 is 1.50 bits per heavy atom. The standard InChI is InChI=1S/C10H24BN/c11-9-7-5-3-1-2-4-6-8-10-12/h1-12H2. The Morgan fingerprint density at radius 1 is 0.667 bits per heavy atom. The van der Waals surface area contributed by atoms with Crippen LogP contribution in [0.3, 0.4) is 0 Å². The van der Waals surface area contributed by atoms with Crippen molar-refractivity contribution in [1.82, 2.24) is 0 Å². The first-order valence-corrected chi connectivity index (χ1v) is 5.62. The summed E-state index contributed by atoms with van der Waals surface area (Å²) in [6.07, 6.45) is 12.5. The number of nitrogens with two attached hydrogens (primary N) is 1. The zero-order chi connectivity index (χ0) is 9.07. The highest BCUT2D eigenvalue weighted by Gasteiger charge is 1.90. The topological polar surface area (TPSA) is 26.0 Å². The zero-order valence-corrected chi connectivity index (χ0v) is 8.65. The second kappa shape index (κ2) is 11.0. The molecule has 0 saturated carbocycles.